The summed E-state index contributed by atoms with van der Waals surface area (Å²) in [6.45, 7) is 0. The van der Waals surface area contributed by atoms with Crippen molar-refractivity contribution in [1.29, 1.82) is 0 Å². The van der Waals surface area contributed by atoms with Gasteiger partial charge in [0.1, 0.15) is 5.82 Å². The van der Waals surface area contributed by atoms with Crippen LogP contribution in [0.3, 0.4) is 0 Å². The van der Waals surface area contributed by atoms with Gasteiger partial charge in [0.2, 0.25) is 0 Å². The van der Waals surface area contributed by atoms with Crippen molar-refractivity contribution in [2.75, 3.05) is 0 Å². The highest BCUT2D eigenvalue weighted by Gasteiger charge is 2.29. The van der Waals surface area contributed by atoms with E-state index in [1.807, 2.05) is 0 Å². The molecular weight excluding hydrogens is 187 g/mol. The van der Waals surface area contributed by atoms with Gasteiger partial charge < -0.3 is 5.11 Å². The van der Waals surface area contributed by atoms with Crippen molar-refractivity contribution in [3.05, 3.63) is 30.1 Å². The fraction of sp³-hybridized carbons (Fsp3) is 0.400. The van der Waals surface area contributed by atoms with E-state index in [-0.39, 0.29) is 11.9 Å². The predicted molar refractivity (Wildman–Crippen MR) is 51.3 cm³/mol. The molecule has 2 unspecified atom stereocenters. The van der Waals surface area contributed by atoms with E-state index in [1.54, 1.807) is 23.9 Å². The number of aliphatic hydroxyl groups excluding tert-OH is 1. The highest BCUT2D eigenvalue weighted by atomic mass is 32.2. The maximum Gasteiger partial charge on any atom is 0.123 e. The van der Waals surface area contributed by atoms with Crippen LogP contribution in [0, 0.1) is 5.82 Å². The molecule has 1 saturated carbocycles. The first-order chi connectivity index (χ1) is 6.25. The molecule has 1 aromatic carbocycles. The van der Waals surface area contributed by atoms with Crippen LogP contribution in [-0.4, -0.2) is 16.5 Å². The van der Waals surface area contributed by atoms with Crippen molar-refractivity contribution in [2.24, 2.45) is 0 Å². The van der Waals surface area contributed by atoms with E-state index in [4.69, 9.17) is 0 Å². The summed E-state index contributed by atoms with van der Waals surface area (Å²) in [7, 11) is 0. The average molecular weight is 198 g/mol. The standard InChI is InChI=1S/C10H11FOS/c11-7-1-3-8(4-2-7)13-10-6-5-9(10)12/h1-4,9-10,12H,5-6H2. The summed E-state index contributed by atoms with van der Waals surface area (Å²) >= 11 is 1.63. The SMILES string of the molecule is OC1CCC1Sc1ccc(F)cc1. The molecule has 1 aliphatic rings. The van der Waals surface area contributed by atoms with Gasteiger partial charge in [0, 0.05) is 10.1 Å². The Morgan fingerprint density at radius 1 is 1.23 bits per heavy atom. The molecule has 3 heteroatoms. The topological polar surface area (TPSA) is 20.2 Å². The van der Waals surface area contributed by atoms with E-state index in [0.29, 0.717) is 5.25 Å². The van der Waals surface area contributed by atoms with Crippen molar-refractivity contribution in [3.63, 3.8) is 0 Å². The van der Waals surface area contributed by atoms with Crippen molar-refractivity contribution >= 4 is 11.8 Å². The number of hydrogen-bond acceptors (Lipinski definition) is 2. The molecule has 2 rings (SSSR count). The lowest BCUT2D eigenvalue weighted by atomic mass is 9.96. The monoisotopic (exact) mass is 198 g/mol. The van der Waals surface area contributed by atoms with Crippen LogP contribution < -0.4 is 0 Å². The van der Waals surface area contributed by atoms with Gasteiger partial charge in [-0.2, -0.15) is 0 Å². The van der Waals surface area contributed by atoms with Crippen LogP contribution in [0.2, 0.25) is 0 Å². The third-order valence-electron chi connectivity index (χ3n) is 2.28. The van der Waals surface area contributed by atoms with Gasteiger partial charge in [0.15, 0.2) is 0 Å². The highest BCUT2D eigenvalue weighted by molar-refractivity contribution is 8.00. The Bertz CT molecular complexity index is 285. The molecule has 0 aromatic heterocycles. The van der Waals surface area contributed by atoms with Crippen LogP contribution in [0.15, 0.2) is 29.2 Å². The number of benzene rings is 1. The number of hydrogen-bond donors (Lipinski definition) is 1. The Morgan fingerprint density at radius 2 is 1.92 bits per heavy atom. The molecule has 1 aliphatic carbocycles. The Kier molecular flexibility index (Phi) is 2.56. The van der Waals surface area contributed by atoms with Gasteiger partial charge in [0.05, 0.1) is 6.10 Å². The number of halogens is 1. The van der Waals surface area contributed by atoms with Crippen LogP contribution >= 0.6 is 11.8 Å². The van der Waals surface area contributed by atoms with Gasteiger partial charge in [-0.15, -0.1) is 11.8 Å². The zero-order valence-corrected chi connectivity index (χ0v) is 7.93. The summed E-state index contributed by atoms with van der Waals surface area (Å²) in [4.78, 5) is 1.03. The largest absolute Gasteiger partial charge is 0.392 e. The number of rotatable bonds is 2. The molecule has 1 aromatic rings. The van der Waals surface area contributed by atoms with E-state index in [9.17, 15) is 9.50 Å². The zero-order valence-electron chi connectivity index (χ0n) is 7.11. The van der Waals surface area contributed by atoms with Crippen LogP contribution in [0.4, 0.5) is 4.39 Å². The molecule has 13 heavy (non-hydrogen) atoms. The fourth-order valence-electron chi connectivity index (χ4n) is 1.28. The van der Waals surface area contributed by atoms with Crippen molar-refractivity contribution in [3.8, 4) is 0 Å². The minimum absolute atomic E-state index is 0.171. The zero-order chi connectivity index (χ0) is 9.26. The minimum Gasteiger partial charge on any atom is -0.392 e. The molecule has 0 saturated heterocycles. The summed E-state index contributed by atoms with van der Waals surface area (Å²) in [6, 6.07) is 6.41. The van der Waals surface area contributed by atoms with Crippen molar-refractivity contribution < 1.29 is 9.50 Å². The lowest BCUT2D eigenvalue weighted by molar-refractivity contribution is 0.103. The van der Waals surface area contributed by atoms with E-state index in [2.05, 4.69) is 0 Å². The Hall–Kier alpha value is -0.540. The molecule has 0 radical (unpaired) electrons. The van der Waals surface area contributed by atoms with Gasteiger partial charge in [-0.1, -0.05) is 0 Å². The van der Waals surface area contributed by atoms with Gasteiger partial charge >= 0.3 is 0 Å². The average Bonchev–Trinajstić information content (AvgIpc) is 2.15. The first-order valence-electron chi connectivity index (χ1n) is 4.36. The molecule has 2 atom stereocenters. The normalized spacial score (nSPS) is 26.9. The first kappa shape index (κ1) is 9.03. The summed E-state index contributed by atoms with van der Waals surface area (Å²) in [5.41, 5.74) is 0. The van der Waals surface area contributed by atoms with Crippen LogP contribution in [-0.2, 0) is 0 Å². The molecular formula is C10H11FOS. The van der Waals surface area contributed by atoms with Crippen molar-refractivity contribution in [2.45, 2.75) is 29.1 Å². The fourth-order valence-corrected chi connectivity index (χ4v) is 2.47. The Balaban J connectivity index is 1.98. The van der Waals surface area contributed by atoms with Crippen LogP contribution in [0.1, 0.15) is 12.8 Å². The Morgan fingerprint density at radius 3 is 2.38 bits per heavy atom. The molecule has 1 fully saturated rings. The minimum atomic E-state index is -0.210. The molecule has 1 nitrogen and oxygen atoms in total. The maximum absolute atomic E-state index is 12.5. The van der Waals surface area contributed by atoms with Crippen LogP contribution in [0.25, 0.3) is 0 Å². The molecule has 0 bridgehead atoms. The highest BCUT2D eigenvalue weighted by Crippen LogP contribution is 2.36. The Labute approximate surface area is 81.0 Å². The quantitative estimate of drug-likeness (QED) is 0.787. The van der Waals surface area contributed by atoms with Gasteiger partial charge in [-0.05, 0) is 37.1 Å². The van der Waals surface area contributed by atoms with Gasteiger partial charge in [-0.3, -0.25) is 0 Å². The summed E-state index contributed by atoms with van der Waals surface area (Å²) in [5.74, 6) is -0.210. The molecule has 1 N–H and O–H groups in total. The van der Waals surface area contributed by atoms with Gasteiger partial charge in [0.25, 0.3) is 0 Å². The lowest BCUT2D eigenvalue weighted by Gasteiger charge is -2.31. The molecule has 0 amide bonds. The summed E-state index contributed by atoms with van der Waals surface area (Å²) in [6.07, 6.45) is 1.79. The second kappa shape index (κ2) is 3.68. The second-order valence-electron chi connectivity index (χ2n) is 3.25. The third-order valence-corrected chi connectivity index (χ3v) is 3.67. The summed E-state index contributed by atoms with van der Waals surface area (Å²) < 4.78 is 12.5. The van der Waals surface area contributed by atoms with E-state index < -0.39 is 0 Å². The van der Waals surface area contributed by atoms with Crippen LogP contribution in [0.5, 0.6) is 0 Å². The smallest absolute Gasteiger partial charge is 0.123 e. The maximum atomic E-state index is 12.5. The van der Waals surface area contributed by atoms with E-state index >= 15 is 0 Å². The number of thioether (sulfide) groups is 1. The van der Waals surface area contributed by atoms with Crippen molar-refractivity contribution in [1.82, 2.24) is 0 Å². The number of aliphatic hydroxyl groups is 1. The molecule has 0 aliphatic heterocycles. The summed E-state index contributed by atoms with van der Waals surface area (Å²) in [5, 5.41) is 9.64. The van der Waals surface area contributed by atoms with Gasteiger partial charge in [-0.25, -0.2) is 4.39 Å². The van der Waals surface area contributed by atoms with E-state index in [1.165, 1.54) is 12.1 Å². The second-order valence-corrected chi connectivity index (χ2v) is 4.57. The molecule has 70 valence electrons. The molecule has 0 heterocycles. The first-order valence-corrected chi connectivity index (χ1v) is 5.24. The van der Waals surface area contributed by atoms with E-state index in [0.717, 1.165) is 17.7 Å². The predicted octanol–water partition coefficient (Wildman–Crippen LogP) is 2.44. The molecule has 0 spiro atoms. The lowest BCUT2D eigenvalue weighted by Crippen LogP contribution is -2.33. The third kappa shape index (κ3) is 2.03.